The molecule has 0 unspecified atom stereocenters. The van der Waals surface area contributed by atoms with Crippen LogP contribution in [-0.4, -0.2) is 24.1 Å². The maximum Gasteiger partial charge on any atom is 0.349 e. The van der Waals surface area contributed by atoms with Crippen LogP contribution >= 0.6 is 0 Å². The molecular formula is C13H15N3O3. The van der Waals surface area contributed by atoms with Gasteiger partial charge in [0.15, 0.2) is 6.10 Å². The van der Waals surface area contributed by atoms with Crippen LogP contribution in [0.4, 0.5) is 10.5 Å². The van der Waals surface area contributed by atoms with Crippen LogP contribution in [0, 0.1) is 5.92 Å². The Labute approximate surface area is 110 Å². The predicted molar refractivity (Wildman–Crippen MR) is 70.7 cm³/mol. The number of amidine groups is 1. The highest BCUT2D eigenvalue weighted by Crippen LogP contribution is 2.12. The van der Waals surface area contributed by atoms with E-state index in [4.69, 9.17) is 4.74 Å². The van der Waals surface area contributed by atoms with Gasteiger partial charge in [-0.1, -0.05) is 32.0 Å². The third kappa shape index (κ3) is 3.31. The van der Waals surface area contributed by atoms with Crippen LogP contribution in [0.5, 0.6) is 0 Å². The summed E-state index contributed by atoms with van der Waals surface area (Å²) in [5.41, 5.74) is 0.626. The number of para-hydroxylation sites is 1. The van der Waals surface area contributed by atoms with Crippen molar-refractivity contribution in [2.45, 2.75) is 20.0 Å². The zero-order chi connectivity index (χ0) is 13.8. The number of carbonyl (C=O) groups excluding carboxylic acids is 2. The number of nitrogens with zero attached hydrogens (tertiary/aromatic N) is 1. The first-order valence-electron chi connectivity index (χ1n) is 5.98. The van der Waals surface area contributed by atoms with E-state index in [0.29, 0.717) is 5.69 Å². The van der Waals surface area contributed by atoms with Crippen molar-refractivity contribution >= 4 is 23.6 Å². The van der Waals surface area contributed by atoms with Crippen LogP contribution in [0.25, 0.3) is 0 Å². The number of hydrogen-bond donors (Lipinski definition) is 2. The molecule has 0 aliphatic carbocycles. The Bertz CT molecular complexity index is 511. The molecular weight excluding hydrogens is 246 g/mol. The van der Waals surface area contributed by atoms with E-state index >= 15 is 0 Å². The van der Waals surface area contributed by atoms with Crippen molar-refractivity contribution in [2.75, 3.05) is 5.32 Å². The van der Waals surface area contributed by atoms with Crippen molar-refractivity contribution in [3.05, 3.63) is 30.3 Å². The van der Waals surface area contributed by atoms with Crippen molar-refractivity contribution in [3.63, 3.8) is 0 Å². The van der Waals surface area contributed by atoms with E-state index in [0.717, 1.165) is 0 Å². The molecule has 0 bridgehead atoms. The Kier molecular flexibility index (Phi) is 3.79. The van der Waals surface area contributed by atoms with Gasteiger partial charge in [-0.3, -0.25) is 10.1 Å². The van der Waals surface area contributed by atoms with Gasteiger partial charge in [-0.25, -0.2) is 4.79 Å². The lowest BCUT2D eigenvalue weighted by atomic mass is 10.1. The summed E-state index contributed by atoms with van der Waals surface area (Å²) in [7, 11) is 0. The first kappa shape index (κ1) is 13.1. The molecule has 6 heteroatoms. The minimum atomic E-state index is -0.594. The molecule has 6 nitrogen and oxygen atoms in total. The molecule has 1 aromatic carbocycles. The van der Waals surface area contributed by atoms with E-state index in [1.54, 1.807) is 24.3 Å². The Balaban J connectivity index is 1.99. The molecule has 1 atom stereocenters. The van der Waals surface area contributed by atoms with Gasteiger partial charge in [-0.15, -0.1) is 4.99 Å². The van der Waals surface area contributed by atoms with Crippen molar-refractivity contribution < 1.29 is 14.3 Å². The minimum Gasteiger partial charge on any atom is -0.451 e. The number of ether oxygens (including phenoxy) is 1. The number of anilines is 1. The van der Waals surface area contributed by atoms with Gasteiger partial charge in [0.25, 0.3) is 5.91 Å². The Morgan fingerprint density at radius 3 is 2.63 bits per heavy atom. The molecule has 100 valence electrons. The van der Waals surface area contributed by atoms with E-state index in [9.17, 15) is 9.59 Å². The lowest BCUT2D eigenvalue weighted by molar-refractivity contribution is -0.124. The highest BCUT2D eigenvalue weighted by atomic mass is 16.5. The van der Waals surface area contributed by atoms with Gasteiger partial charge in [-0.2, -0.15) is 0 Å². The molecule has 1 fully saturated rings. The lowest BCUT2D eigenvalue weighted by Gasteiger charge is -2.09. The van der Waals surface area contributed by atoms with Crippen LogP contribution in [0.1, 0.15) is 13.8 Å². The number of urea groups is 1. The van der Waals surface area contributed by atoms with Gasteiger partial charge < -0.3 is 10.1 Å². The third-order valence-corrected chi connectivity index (χ3v) is 2.56. The highest BCUT2D eigenvalue weighted by Gasteiger charge is 2.33. The topological polar surface area (TPSA) is 79.8 Å². The largest absolute Gasteiger partial charge is 0.451 e. The Hall–Kier alpha value is -2.37. The molecule has 2 N–H and O–H groups in total. The van der Waals surface area contributed by atoms with Crippen molar-refractivity contribution in [1.29, 1.82) is 0 Å². The molecule has 1 saturated heterocycles. The summed E-state index contributed by atoms with van der Waals surface area (Å²) < 4.78 is 5.27. The second-order valence-electron chi connectivity index (χ2n) is 4.48. The Morgan fingerprint density at radius 2 is 2.05 bits per heavy atom. The zero-order valence-corrected chi connectivity index (χ0v) is 10.7. The molecule has 0 aromatic heterocycles. The molecule has 19 heavy (non-hydrogen) atoms. The summed E-state index contributed by atoms with van der Waals surface area (Å²) in [6.07, 6.45) is -0.594. The van der Waals surface area contributed by atoms with E-state index in [1.807, 2.05) is 19.9 Å². The SMILES string of the molecule is CC(C)[C@H]1OC(=NC(=O)Nc2ccccc2)NC1=O. The normalized spacial score (nSPS) is 20.3. The molecule has 0 spiro atoms. The fraction of sp³-hybridized carbons (Fsp3) is 0.308. The lowest BCUT2D eigenvalue weighted by Crippen LogP contribution is -2.28. The van der Waals surface area contributed by atoms with Crippen LogP contribution in [-0.2, 0) is 9.53 Å². The van der Waals surface area contributed by atoms with Gasteiger partial charge in [0.05, 0.1) is 0 Å². The number of amides is 3. The van der Waals surface area contributed by atoms with E-state index in [1.165, 1.54) is 0 Å². The number of hydrogen-bond acceptors (Lipinski definition) is 3. The summed E-state index contributed by atoms with van der Waals surface area (Å²) in [4.78, 5) is 26.8. The maximum atomic E-state index is 11.6. The number of nitrogens with one attached hydrogen (secondary N) is 2. The van der Waals surface area contributed by atoms with Crippen molar-refractivity contribution in [1.82, 2.24) is 5.32 Å². The molecule has 1 aromatic rings. The van der Waals surface area contributed by atoms with E-state index in [2.05, 4.69) is 15.6 Å². The van der Waals surface area contributed by atoms with Crippen molar-refractivity contribution in [2.24, 2.45) is 10.9 Å². The Morgan fingerprint density at radius 1 is 1.37 bits per heavy atom. The standard InChI is InChI=1S/C13H15N3O3/c1-8(2)10-11(17)15-13(19-10)16-12(18)14-9-6-4-3-5-7-9/h3-8,10H,1-2H3,(H2,14,15,16,17,18)/t10-/m1/s1. The van der Waals surface area contributed by atoms with Crippen LogP contribution < -0.4 is 10.6 Å². The van der Waals surface area contributed by atoms with Crippen LogP contribution in [0.2, 0.25) is 0 Å². The summed E-state index contributed by atoms with van der Waals surface area (Å²) >= 11 is 0. The highest BCUT2D eigenvalue weighted by molar-refractivity contribution is 6.07. The number of benzene rings is 1. The fourth-order valence-corrected chi connectivity index (χ4v) is 1.64. The van der Waals surface area contributed by atoms with Gasteiger partial charge >= 0.3 is 12.1 Å². The van der Waals surface area contributed by atoms with Gasteiger partial charge in [0, 0.05) is 5.69 Å². The molecule has 0 radical (unpaired) electrons. The molecule has 1 aliphatic rings. The van der Waals surface area contributed by atoms with E-state index in [-0.39, 0.29) is 17.8 Å². The monoisotopic (exact) mass is 261 g/mol. The van der Waals surface area contributed by atoms with Crippen LogP contribution in [0.3, 0.4) is 0 Å². The maximum absolute atomic E-state index is 11.6. The fourth-order valence-electron chi connectivity index (χ4n) is 1.64. The molecule has 3 amide bonds. The molecule has 0 saturated carbocycles. The minimum absolute atomic E-state index is 0.0184. The van der Waals surface area contributed by atoms with Gasteiger partial charge in [0.2, 0.25) is 0 Å². The summed E-state index contributed by atoms with van der Waals surface area (Å²) in [5.74, 6) is -0.258. The molecule has 1 aliphatic heterocycles. The predicted octanol–water partition coefficient (Wildman–Crippen LogP) is 1.75. The summed E-state index contributed by atoms with van der Waals surface area (Å²) in [5, 5.41) is 5.00. The second-order valence-corrected chi connectivity index (χ2v) is 4.48. The second kappa shape index (κ2) is 5.51. The zero-order valence-electron chi connectivity index (χ0n) is 10.7. The summed E-state index contributed by atoms with van der Waals surface area (Å²) in [6, 6.07) is 8.26. The quantitative estimate of drug-likeness (QED) is 0.851. The summed E-state index contributed by atoms with van der Waals surface area (Å²) in [6.45, 7) is 3.72. The smallest absolute Gasteiger partial charge is 0.349 e. The number of carbonyl (C=O) groups is 2. The van der Waals surface area contributed by atoms with Crippen molar-refractivity contribution in [3.8, 4) is 0 Å². The number of aliphatic imine (C=N–C) groups is 1. The average molecular weight is 261 g/mol. The van der Waals surface area contributed by atoms with Crippen LogP contribution in [0.15, 0.2) is 35.3 Å². The van der Waals surface area contributed by atoms with E-state index < -0.39 is 12.1 Å². The average Bonchev–Trinajstić information content (AvgIpc) is 2.71. The first-order valence-corrected chi connectivity index (χ1v) is 5.98. The number of rotatable bonds is 2. The first-order chi connectivity index (χ1) is 9.06. The van der Waals surface area contributed by atoms with Gasteiger partial charge in [-0.05, 0) is 18.1 Å². The molecule has 1 heterocycles. The third-order valence-electron chi connectivity index (χ3n) is 2.56. The molecule has 2 rings (SSSR count). The van der Waals surface area contributed by atoms with Gasteiger partial charge in [0.1, 0.15) is 0 Å².